The summed E-state index contributed by atoms with van der Waals surface area (Å²) in [7, 11) is 0. The molecule has 0 spiro atoms. The van der Waals surface area contributed by atoms with Gasteiger partial charge >= 0.3 is 5.97 Å². The van der Waals surface area contributed by atoms with Gasteiger partial charge in [-0.25, -0.2) is 4.79 Å². The van der Waals surface area contributed by atoms with Crippen LogP contribution in [0, 0.1) is 5.92 Å². The zero-order chi connectivity index (χ0) is 24.0. The lowest BCUT2D eigenvalue weighted by Gasteiger charge is -2.23. The van der Waals surface area contributed by atoms with Gasteiger partial charge in [-0.1, -0.05) is 84.2 Å². The van der Waals surface area contributed by atoms with Crippen molar-refractivity contribution < 1.29 is 14.6 Å². The Morgan fingerprint density at radius 3 is 2.61 bits per heavy atom. The van der Waals surface area contributed by atoms with Crippen LogP contribution in [-0.2, 0) is 21.4 Å². The Balaban J connectivity index is 1.70. The molecule has 1 aromatic heterocycles. The Kier molecular flexibility index (Phi) is 8.25. The van der Waals surface area contributed by atoms with Crippen molar-refractivity contribution in [3.63, 3.8) is 0 Å². The first-order valence-electron chi connectivity index (χ1n) is 11.9. The largest absolute Gasteiger partial charge is 0.464 e. The summed E-state index contributed by atoms with van der Waals surface area (Å²) in [6.07, 6.45) is 3.22. The Hall–Kier alpha value is -2.73. The average molecular weight is 452 g/mol. The third-order valence-electron chi connectivity index (χ3n) is 5.88. The van der Waals surface area contributed by atoms with E-state index in [1.807, 2.05) is 30.3 Å². The molecule has 0 amide bonds. The number of rotatable bonds is 10. The molecule has 2 N–H and O–H groups in total. The second kappa shape index (κ2) is 10.9. The van der Waals surface area contributed by atoms with E-state index in [1.165, 1.54) is 12.0 Å². The van der Waals surface area contributed by atoms with Crippen LogP contribution >= 0.6 is 0 Å². The summed E-state index contributed by atoms with van der Waals surface area (Å²) >= 11 is 0. The molecule has 1 heterocycles. The molecule has 0 saturated heterocycles. The molecule has 1 unspecified atom stereocenters. The van der Waals surface area contributed by atoms with E-state index >= 15 is 0 Å². The summed E-state index contributed by atoms with van der Waals surface area (Å²) in [5, 5.41) is 21.8. The van der Waals surface area contributed by atoms with E-state index in [0.29, 0.717) is 12.5 Å². The molecule has 2 aromatic carbocycles. The summed E-state index contributed by atoms with van der Waals surface area (Å²) < 4.78 is 5.30. The lowest BCUT2D eigenvalue weighted by Crippen LogP contribution is -2.25. The number of esters is 1. The van der Waals surface area contributed by atoms with Crippen LogP contribution in [0.5, 0.6) is 0 Å². The molecule has 0 bridgehead atoms. The number of hydrogen-bond acceptors (Lipinski definition) is 5. The van der Waals surface area contributed by atoms with Gasteiger partial charge in [0.15, 0.2) is 6.10 Å². The maximum absolute atomic E-state index is 12.3. The summed E-state index contributed by atoms with van der Waals surface area (Å²) in [6.45, 7) is 11.3. The quantitative estimate of drug-likeness (QED) is 0.310. The molecule has 0 aliphatic heterocycles. The number of H-pyrrole nitrogens is 1. The lowest BCUT2D eigenvalue weighted by molar-refractivity contribution is -0.153. The number of ether oxygens (including phenoxy) is 1. The van der Waals surface area contributed by atoms with Crippen LogP contribution in [0.4, 0.5) is 0 Å². The minimum Gasteiger partial charge on any atom is -0.464 e. The molecule has 0 radical (unpaired) electrons. The van der Waals surface area contributed by atoms with Crippen molar-refractivity contribution in [2.45, 2.75) is 78.2 Å². The Labute approximate surface area is 196 Å². The van der Waals surface area contributed by atoms with Crippen molar-refractivity contribution in [3.05, 3.63) is 47.5 Å². The number of nitrogens with zero attached hydrogens (tertiary/aromatic N) is 2. The van der Waals surface area contributed by atoms with Gasteiger partial charge in [0.25, 0.3) is 0 Å². The highest BCUT2D eigenvalue weighted by Gasteiger charge is 2.23. The van der Waals surface area contributed by atoms with Gasteiger partial charge in [0.05, 0.1) is 6.61 Å². The third kappa shape index (κ3) is 6.64. The number of aliphatic hydroxyl groups is 1. The van der Waals surface area contributed by atoms with Gasteiger partial charge in [-0.15, -0.1) is 0 Å². The highest BCUT2D eigenvalue weighted by Crippen LogP contribution is 2.37. The van der Waals surface area contributed by atoms with Gasteiger partial charge in [0.1, 0.15) is 11.0 Å². The first-order valence-corrected chi connectivity index (χ1v) is 11.9. The maximum Gasteiger partial charge on any atom is 0.335 e. The number of fused-ring (bicyclic) bond motifs is 1. The summed E-state index contributed by atoms with van der Waals surface area (Å²) in [6, 6.07) is 12.0. The molecule has 0 fully saturated rings. The van der Waals surface area contributed by atoms with Crippen molar-refractivity contribution in [2.75, 3.05) is 6.61 Å². The summed E-state index contributed by atoms with van der Waals surface area (Å²) in [4.78, 5) is 12.3. The summed E-state index contributed by atoms with van der Waals surface area (Å²) in [5.74, 6) is 0.138. The minimum absolute atomic E-state index is 0.0863. The van der Waals surface area contributed by atoms with Crippen molar-refractivity contribution in [3.8, 4) is 11.1 Å². The van der Waals surface area contributed by atoms with E-state index in [9.17, 15) is 9.90 Å². The van der Waals surface area contributed by atoms with Crippen LogP contribution in [0.2, 0.25) is 0 Å². The normalized spacial score (nSPS) is 12.9. The van der Waals surface area contributed by atoms with Gasteiger partial charge in [-0.3, -0.25) is 0 Å². The lowest BCUT2D eigenvalue weighted by atomic mass is 9.81. The number of unbranched alkanes of at least 4 members (excludes halogenated alkanes) is 2. The molecule has 3 aromatic rings. The van der Waals surface area contributed by atoms with Crippen molar-refractivity contribution in [2.24, 2.45) is 5.92 Å². The van der Waals surface area contributed by atoms with Gasteiger partial charge in [0, 0.05) is 12.0 Å². The van der Waals surface area contributed by atoms with Gasteiger partial charge in [0.2, 0.25) is 0 Å². The van der Waals surface area contributed by atoms with E-state index in [2.05, 4.69) is 56.1 Å². The first kappa shape index (κ1) is 24.9. The Bertz CT molecular complexity index is 1070. The summed E-state index contributed by atoms with van der Waals surface area (Å²) in [5.41, 5.74) is 5.58. The molecular weight excluding hydrogens is 414 g/mol. The molecule has 0 saturated carbocycles. The fourth-order valence-electron chi connectivity index (χ4n) is 4.09. The number of carbonyl (C=O) groups is 1. The molecule has 33 heavy (non-hydrogen) atoms. The molecule has 3 rings (SSSR count). The van der Waals surface area contributed by atoms with Gasteiger partial charge in [-0.05, 0) is 40.5 Å². The predicted octanol–water partition coefficient (Wildman–Crippen LogP) is 5.59. The number of nitrogens with one attached hydrogen (secondary N) is 1. The number of benzene rings is 2. The number of carbonyl (C=O) groups excluding carboxylic acids is 1. The van der Waals surface area contributed by atoms with Crippen molar-refractivity contribution in [1.82, 2.24) is 15.4 Å². The fraction of sp³-hybridized carbons (Fsp3) is 0.519. The molecular formula is C27H37N3O3. The van der Waals surface area contributed by atoms with Crippen molar-refractivity contribution in [1.29, 1.82) is 0 Å². The number of aromatic amines is 1. The van der Waals surface area contributed by atoms with E-state index in [4.69, 9.17) is 4.74 Å². The van der Waals surface area contributed by atoms with Crippen LogP contribution in [-0.4, -0.2) is 39.2 Å². The van der Waals surface area contributed by atoms with Gasteiger partial charge in [-0.2, -0.15) is 15.4 Å². The monoisotopic (exact) mass is 451 g/mol. The topological polar surface area (TPSA) is 88.1 Å². The molecule has 0 aliphatic rings. The second-order valence-corrected chi connectivity index (χ2v) is 10.3. The first-order chi connectivity index (χ1) is 15.7. The van der Waals surface area contributed by atoms with E-state index in [1.54, 1.807) is 0 Å². The highest BCUT2D eigenvalue weighted by molar-refractivity contribution is 5.94. The third-order valence-corrected chi connectivity index (χ3v) is 5.88. The highest BCUT2D eigenvalue weighted by atomic mass is 16.5. The number of hydrogen-bond donors (Lipinski definition) is 2. The standard InChI is InChI=1S/C27H37N3O3/c1-18(2)10-7-6-8-15-33-26(32)23(31)17-19-11-9-12-20(16-19)24-21(27(3,4)5)13-14-22-25(24)29-30-28-22/h9,11-14,16,18,23,31H,6-8,10,15,17H2,1-5H3,(H,28,29,30). The second-order valence-electron chi connectivity index (χ2n) is 10.3. The SMILES string of the molecule is CC(C)CCCCCOC(=O)C(O)Cc1cccc(-c2c(C(C)(C)C)ccc3n[nH]nc23)c1. The predicted molar refractivity (Wildman–Crippen MR) is 132 cm³/mol. The molecule has 1 atom stereocenters. The van der Waals surface area contributed by atoms with E-state index in [-0.39, 0.29) is 11.8 Å². The number of aromatic nitrogens is 3. The zero-order valence-electron chi connectivity index (χ0n) is 20.5. The smallest absolute Gasteiger partial charge is 0.335 e. The van der Waals surface area contributed by atoms with Crippen LogP contribution in [0.1, 0.15) is 71.4 Å². The fourth-order valence-corrected chi connectivity index (χ4v) is 4.09. The Morgan fingerprint density at radius 1 is 1.09 bits per heavy atom. The van der Waals surface area contributed by atoms with Crippen LogP contribution in [0.25, 0.3) is 22.2 Å². The van der Waals surface area contributed by atoms with Crippen LogP contribution in [0.15, 0.2) is 36.4 Å². The maximum atomic E-state index is 12.3. The van der Waals surface area contributed by atoms with E-state index in [0.717, 1.165) is 47.0 Å². The molecule has 6 nitrogen and oxygen atoms in total. The number of aliphatic hydroxyl groups excluding tert-OH is 1. The van der Waals surface area contributed by atoms with Crippen LogP contribution in [0.3, 0.4) is 0 Å². The average Bonchev–Trinajstić information content (AvgIpc) is 3.23. The molecule has 178 valence electrons. The van der Waals surface area contributed by atoms with Gasteiger partial charge < -0.3 is 9.84 Å². The zero-order valence-corrected chi connectivity index (χ0v) is 20.5. The van der Waals surface area contributed by atoms with Crippen LogP contribution < -0.4 is 0 Å². The van der Waals surface area contributed by atoms with E-state index < -0.39 is 12.1 Å². The molecule has 6 heteroatoms. The van der Waals surface area contributed by atoms with Crippen molar-refractivity contribution >= 4 is 17.0 Å². The molecule has 0 aliphatic carbocycles. The Morgan fingerprint density at radius 2 is 1.88 bits per heavy atom. The minimum atomic E-state index is -1.18.